The van der Waals surface area contributed by atoms with Gasteiger partial charge in [-0.15, -0.1) is 0 Å². The van der Waals surface area contributed by atoms with E-state index in [1.807, 2.05) is 26.0 Å². The van der Waals surface area contributed by atoms with Crippen LogP contribution in [0.15, 0.2) is 24.3 Å². The van der Waals surface area contributed by atoms with Crippen molar-refractivity contribution in [2.75, 3.05) is 0 Å². The summed E-state index contributed by atoms with van der Waals surface area (Å²) in [5, 5.41) is 4.07. The van der Waals surface area contributed by atoms with Gasteiger partial charge in [-0.05, 0) is 106 Å². The van der Waals surface area contributed by atoms with E-state index in [9.17, 15) is 4.79 Å². The minimum absolute atomic E-state index is 0.0138. The zero-order valence-electron chi connectivity index (χ0n) is 16.8. The molecule has 4 saturated carbocycles. The van der Waals surface area contributed by atoms with Crippen molar-refractivity contribution in [1.29, 1.82) is 0 Å². The van der Waals surface area contributed by atoms with Crippen molar-refractivity contribution in [3.05, 3.63) is 29.3 Å². The maximum absolute atomic E-state index is 13.1. The predicted octanol–water partition coefficient (Wildman–Crippen LogP) is 5.61. The molecule has 4 heteroatoms. The van der Waals surface area contributed by atoms with E-state index in [4.69, 9.17) is 16.3 Å². The highest BCUT2D eigenvalue weighted by molar-refractivity contribution is 6.30. The Hall–Kier alpha value is -1.22. The minimum Gasteiger partial charge on any atom is -0.478 e. The van der Waals surface area contributed by atoms with E-state index in [0.29, 0.717) is 16.2 Å². The number of rotatable bonds is 6. The number of benzene rings is 1. The third-order valence-corrected chi connectivity index (χ3v) is 7.52. The van der Waals surface area contributed by atoms with Gasteiger partial charge in [-0.3, -0.25) is 4.79 Å². The van der Waals surface area contributed by atoms with E-state index in [-0.39, 0.29) is 11.9 Å². The second-order valence-electron chi connectivity index (χ2n) is 9.78. The second kappa shape index (κ2) is 6.99. The quantitative estimate of drug-likeness (QED) is 0.686. The van der Waals surface area contributed by atoms with Gasteiger partial charge in [-0.2, -0.15) is 0 Å². The summed E-state index contributed by atoms with van der Waals surface area (Å²) >= 11 is 5.95. The first-order chi connectivity index (χ1) is 12.8. The summed E-state index contributed by atoms with van der Waals surface area (Å²) < 4.78 is 6.01. The van der Waals surface area contributed by atoms with E-state index in [1.54, 1.807) is 12.1 Å². The first kappa shape index (κ1) is 19.1. The number of carbonyl (C=O) groups excluding carboxylic acids is 1. The van der Waals surface area contributed by atoms with Gasteiger partial charge in [0, 0.05) is 11.1 Å². The van der Waals surface area contributed by atoms with Crippen molar-refractivity contribution in [3.8, 4) is 5.75 Å². The van der Waals surface area contributed by atoms with E-state index < -0.39 is 5.60 Å². The molecule has 4 aliphatic carbocycles. The lowest BCUT2D eigenvalue weighted by molar-refractivity contribution is -0.139. The molecular formula is C23H32ClNO2. The summed E-state index contributed by atoms with van der Waals surface area (Å²) in [6.45, 7) is 5.92. The van der Waals surface area contributed by atoms with Crippen LogP contribution < -0.4 is 10.1 Å². The number of amides is 1. The third-order valence-electron chi connectivity index (χ3n) is 7.27. The maximum atomic E-state index is 13.1. The highest BCUT2D eigenvalue weighted by atomic mass is 35.5. The Balaban J connectivity index is 1.46. The van der Waals surface area contributed by atoms with Crippen LogP contribution in [0.2, 0.25) is 5.02 Å². The number of hydrogen-bond donors (Lipinski definition) is 1. The predicted molar refractivity (Wildman–Crippen MR) is 109 cm³/mol. The summed E-state index contributed by atoms with van der Waals surface area (Å²) in [5.41, 5.74) is -0.598. The highest BCUT2D eigenvalue weighted by Crippen LogP contribution is 2.61. The molecule has 1 atom stereocenters. The number of ether oxygens (including phenoxy) is 1. The fourth-order valence-corrected chi connectivity index (χ4v) is 6.59. The lowest BCUT2D eigenvalue weighted by Gasteiger charge is -2.59. The van der Waals surface area contributed by atoms with Gasteiger partial charge in [0.05, 0.1) is 0 Å². The fraction of sp³-hybridized carbons (Fsp3) is 0.696. The summed E-state index contributed by atoms with van der Waals surface area (Å²) in [6, 6.07) is 7.46. The molecule has 0 heterocycles. The smallest absolute Gasteiger partial charge is 0.263 e. The van der Waals surface area contributed by atoms with Gasteiger partial charge in [0.1, 0.15) is 5.75 Å². The standard InChI is InChI=1S/C23H32ClNO2/c1-4-20(23-12-15-9-16(13-23)11-17(10-15)14-23)25-21(26)22(2,3)27-19-7-5-18(24)6-8-19/h5-8,15-17,20H,4,9-14H2,1-3H3,(H,25,26)/t15?,16?,17?,20-,23?/m1/s1. The zero-order chi connectivity index (χ0) is 19.2. The first-order valence-electron chi connectivity index (χ1n) is 10.6. The molecule has 0 aliphatic heterocycles. The van der Waals surface area contributed by atoms with E-state index in [2.05, 4.69) is 12.2 Å². The lowest BCUT2D eigenvalue weighted by Crippen LogP contribution is -2.59. The normalized spacial score (nSPS) is 33.0. The van der Waals surface area contributed by atoms with Gasteiger partial charge < -0.3 is 10.1 Å². The molecule has 0 spiro atoms. The van der Waals surface area contributed by atoms with Gasteiger partial charge in [0.25, 0.3) is 5.91 Å². The Labute approximate surface area is 168 Å². The monoisotopic (exact) mass is 389 g/mol. The van der Waals surface area contributed by atoms with Gasteiger partial charge >= 0.3 is 0 Å². The van der Waals surface area contributed by atoms with Crippen molar-refractivity contribution in [3.63, 3.8) is 0 Å². The first-order valence-corrected chi connectivity index (χ1v) is 10.9. The van der Waals surface area contributed by atoms with Crippen LogP contribution in [-0.4, -0.2) is 17.6 Å². The van der Waals surface area contributed by atoms with Crippen molar-refractivity contribution >= 4 is 17.5 Å². The maximum Gasteiger partial charge on any atom is 0.263 e. The van der Waals surface area contributed by atoms with Crippen molar-refractivity contribution in [1.82, 2.24) is 5.32 Å². The zero-order valence-corrected chi connectivity index (χ0v) is 17.5. The van der Waals surface area contributed by atoms with Crippen LogP contribution in [0.25, 0.3) is 0 Å². The van der Waals surface area contributed by atoms with Crippen LogP contribution in [-0.2, 0) is 4.79 Å². The molecule has 4 aliphatic rings. The number of halogens is 1. The second-order valence-corrected chi connectivity index (χ2v) is 10.2. The molecule has 4 bridgehead atoms. The molecule has 0 saturated heterocycles. The van der Waals surface area contributed by atoms with Gasteiger partial charge in [-0.1, -0.05) is 18.5 Å². The Kier molecular flexibility index (Phi) is 4.95. The van der Waals surface area contributed by atoms with Crippen LogP contribution in [0.3, 0.4) is 0 Å². The van der Waals surface area contributed by atoms with E-state index in [1.165, 1.54) is 38.5 Å². The molecule has 1 amide bonds. The van der Waals surface area contributed by atoms with Crippen molar-refractivity contribution in [2.24, 2.45) is 23.2 Å². The molecule has 0 aromatic heterocycles. The molecule has 0 radical (unpaired) electrons. The fourth-order valence-electron chi connectivity index (χ4n) is 6.47. The lowest BCUT2D eigenvalue weighted by atomic mass is 9.47. The highest BCUT2D eigenvalue weighted by Gasteiger charge is 2.54. The van der Waals surface area contributed by atoms with E-state index in [0.717, 1.165) is 24.2 Å². The molecule has 148 valence electrons. The molecule has 3 nitrogen and oxygen atoms in total. The van der Waals surface area contributed by atoms with Crippen LogP contribution >= 0.6 is 11.6 Å². The van der Waals surface area contributed by atoms with Crippen LogP contribution in [0.5, 0.6) is 5.75 Å². The molecule has 27 heavy (non-hydrogen) atoms. The minimum atomic E-state index is -0.913. The molecule has 0 unspecified atom stereocenters. The van der Waals surface area contributed by atoms with Crippen molar-refractivity contribution < 1.29 is 9.53 Å². The molecule has 1 aromatic rings. The number of hydrogen-bond acceptors (Lipinski definition) is 2. The van der Waals surface area contributed by atoms with E-state index >= 15 is 0 Å². The Morgan fingerprint density at radius 3 is 2.15 bits per heavy atom. The average Bonchev–Trinajstić information content (AvgIpc) is 2.60. The Morgan fingerprint density at radius 1 is 1.15 bits per heavy atom. The molecule has 1 N–H and O–H groups in total. The average molecular weight is 390 g/mol. The summed E-state index contributed by atoms with van der Waals surface area (Å²) in [5.74, 6) is 3.32. The summed E-state index contributed by atoms with van der Waals surface area (Å²) in [7, 11) is 0. The van der Waals surface area contributed by atoms with Gasteiger partial charge in [0.15, 0.2) is 5.60 Å². The van der Waals surface area contributed by atoms with Crippen LogP contribution in [0, 0.1) is 23.2 Å². The molecular weight excluding hydrogens is 358 g/mol. The SMILES string of the molecule is CC[C@@H](NC(=O)C(C)(C)Oc1ccc(Cl)cc1)C12CC3CC(CC(C3)C1)C2. The summed E-state index contributed by atoms with van der Waals surface area (Å²) in [6.07, 6.45) is 9.18. The molecule has 4 fully saturated rings. The van der Waals surface area contributed by atoms with Crippen molar-refractivity contribution in [2.45, 2.75) is 77.4 Å². The van der Waals surface area contributed by atoms with Gasteiger partial charge in [-0.25, -0.2) is 0 Å². The number of carbonyl (C=O) groups is 1. The topological polar surface area (TPSA) is 38.3 Å². The van der Waals surface area contributed by atoms with Crippen LogP contribution in [0.1, 0.15) is 65.7 Å². The molecule has 5 rings (SSSR count). The molecule has 1 aromatic carbocycles. The summed E-state index contributed by atoms with van der Waals surface area (Å²) in [4.78, 5) is 13.1. The number of nitrogens with one attached hydrogen (secondary N) is 1. The third kappa shape index (κ3) is 3.72. The van der Waals surface area contributed by atoms with Gasteiger partial charge in [0.2, 0.25) is 0 Å². The largest absolute Gasteiger partial charge is 0.478 e. The Bertz CT molecular complexity index is 662. The Morgan fingerprint density at radius 2 is 1.67 bits per heavy atom. The van der Waals surface area contributed by atoms with Crippen LogP contribution in [0.4, 0.5) is 0 Å².